The third-order valence-corrected chi connectivity index (χ3v) is 4.20. The molecule has 0 spiro atoms. The molecule has 0 N–H and O–H groups in total. The number of methoxy groups -OCH3 is 1. The Morgan fingerprint density at radius 3 is 2.19 bits per heavy atom. The summed E-state index contributed by atoms with van der Waals surface area (Å²) >= 11 is 0. The van der Waals surface area contributed by atoms with Gasteiger partial charge in [-0.25, -0.2) is 0 Å². The van der Waals surface area contributed by atoms with Crippen LogP contribution in [-0.2, 0) is 0 Å². The number of nitrogens with zero attached hydrogens (tertiary/aromatic N) is 4. The molecule has 0 aliphatic carbocycles. The van der Waals surface area contributed by atoms with E-state index in [1.165, 1.54) is 0 Å². The van der Waals surface area contributed by atoms with Gasteiger partial charge in [0, 0.05) is 37.8 Å². The number of hydrogen-bond acceptors (Lipinski definition) is 6. The number of rotatable bonds is 5. The van der Waals surface area contributed by atoms with Crippen molar-refractivity contribution in [2.24, 2.45) is 0 Å². The minimum Gasteiger partial charge on any atom is -0.491 e. The molecule has 1 aliphatic rings. The van der Waals surface area contributed by atoms with Crippen molar-refractivity contribution in [3.8, 4) is 11.6 Å². The summed E-state index contributed by atoms with van der Waals surface area (Å²) < 4.78 is 10.7. The van der Waals surface area contributed by atoms with Crippen LogP contribution in [0, 0.1) is 0 Å². The van der Waals surface area contributed by atoms with E-state index >= 15 is 0 Å². The average molecular weight is 393 g/mol. The van der Waals surface area contributed by atoms with E-state index in [4.69, 9.17) is 9.47 Å². The summed E-state index contributed by atoms with van der Waals surface area (Å²) in [6.07, 6.45) is 0.116. The van der Waals surface area contributed by atoms with Crippen LogP contribution < -0.4 is 14.4 Å². The summed E-state index contributed by atoms with van der Waals surface area (Å²) in [5.41, 5.74) is 0.679. The molecule has 1 aromatic heterocycles. The van der Waals surface area contributed by atoms with Crippen molar-refractivity contribution in [2.75, 3.05) is 38.2 Å². The molecule has 146 valence electrons. The normalized spacial score (nSPS) is 13.9. The van der Waals surface area contributed by atoms with Crippen LogP contribution in [0.1, 0.15) is 24.2 Å². The van der Waals surface area contributed by atoms with Crippen LogP contribution in [0.5, 0.6) is 11.6 Å². The van der Waals surface area contributed by atoms with Gasteiger partial charge in [0.2, 0.25) is 5.88 Å². The molecule has 0 atom stereocenters. The number of anilines is 1. The highest BCUT2D eigenvalue weighted by atomic mass is 35.5. The molecule has 1 aromatic carbocycles. The summed E-state index contributed by atoms with van der Waals surface area (Å²) in [5, 5.41) is 8.16. The summed E-state index contributed by atoms with van der Waals surface area (Å²) in [6, 6.07) is 11.0. The Bertz CT molecular complexity index is 730. The smallest absolute Gasteiger partial charge is 0.253 e. The Hall–Kier alpha value is -2.54. The first-order valence-electron chi connectivity index (χ1n) is 8.75. The molecule has 3 rings (SSSR count). The fourth-order valence-corrected chi connectivity index (χ4v) is 2.86. The molecule has 2 aromatic rings. The molecule has 0 unspecified atom stereocenters. The highest BCUT2D eigenvalue weighted by Crippen LogP contribution is 2.18. The zero-order chi connectivity index (χ0) is 18.5. The van der Waals surface area contributed by atoms with Gasteiger partial charge in [-0.2, -0.15) is 0 Å². The number of halogens is 1. The van der Waals surface area contributed by atoms with Crippen LogP contribution >= 0.6 is 12.4 Å². The molecule has 1 aliphatic heterocycles. The van der Waals surface area contributed by atoms with Gasteiger partial charge < -0.3 is 19.3 Å². The molecule has 0 radical (unpaired) electrons. The molecule has 2 heterocycles. The first-order chi connectivity index (χ1) is 12.6. The molecule has 27 heavy (non-hydrogen) atoms. The van der Waals surface area contributed by atoms with Crippen molar-refractivity contribution in [3.05, 3.63) is 42.0 Å². The summed E-state index contributed by atoms with van der Waals surface area (Å²) in [6.45, 7) is 6.70. The Kier molecular flexibility index (Phi) is 7.24. The number of carbonyl (C=O) groups excluding carboxylic acids is 1. The van der Waals surface area contributed by atoms with E-state index in [-0.39, 0.29) is 24.4 Å². The molecule has 7 nitrogen and oxygen atoms in total. The van der Waals surface area contributed by atoms with Crippen molar-refractivity contribution in [3.63, 3.8) is 0 Å². The highest BCUT2D eigenvalue weighted by Gasteiger charge is 2.23. The number of benzene rings is 1. The van der Waals surface area contributed by atoms with Gasteiger partial charge in [-0.05, 0) is 44.2 Å². The van der Waals surface area contributed by atoms with Crippen LogP contribution in [0.4, 0.5) is 5.82 Å². The summed E-state index contributed by atoms with van der Waals surface area (Å²) in [7, 11) is 1.57. The average Bonchev–Trinajstić information content (AvgIpc) is 2.68. The van der Waals surface area contributed by atoms with E-state index in [0.717, 1.165) is 24.7 Å². The van der Waals surface area contributed by atoms with Gasteiger partial charge in [-0.3, -0.25) is 4.79 Å². The number of aromatic nitrogens is 2. The third kappa shape index (κ3) is 5.23. The molecule has 1 saturated heterocycles. The van der Waals surface area contributed by atoms with E-state index in [1.807, 2.05) is 49.1 Å². The van der Waals surface area contributed by atoms with E-state index < -0.39 is 0 Å². The van der Waals surface area contributed by atoms with Crippen LogP contribution in [0.25, 0.3) is 0 Å². The Labute approximate surface area is 165 Å². The molecule has 0 saturated carbocycles. The third-order valence-electron chi connectivity index (χ3n) is 4.20. The van der Waals surface area contributed by atoms with Gasteiger partial charge in [-0.1, -0.05) is 0 Å². The number of piperazine rings is 1. The van der Waals surface area contributed by atoms with Gasteiger partial charge in [0.15, 0.2) is 5.82 Å². The quantitative estimate of drug-likeness (QED) is 0.779. The van der Waals surface area contributed by atoms with E-state index in [1.54, 1.807) is 13.2 Å². The van der Waals surface area contributed by atoms with Crippen molar-refractivity contribution in [1.82, 2.24) is 15.1 Å². The SMILES string of the molecule is COc1ccc(N2CCN(C(=O)c3ccc(OC(C)C)cc3)CC2)nn1.Cl. The largest absolute Gasteiger partial charge is 0.491 e. The second-order valence-corrected chi connectivity index (χ2v) is 6.40. The lowest BCUT2D eigenvalue weighted by atomic mass is 10.1. The van der Waals surface area contributed by atoms with Crippen LogP contribution in [0.3, 0.4) is 0 Å². The standard InChI is InChI=1S/C19H24N4O3.ClH/c1-14(2)26-16-6-4-15(5-7-16)19(24)23-12-10-22(11-13-23)17-8-9-18(25-3)21-20-17;/h4-9,14H,10-13H2,1-3H3;1H. The minimum absolute atomic E-state index is 0. The van der Waals surface area contributed by atoms with Crippen molar-refractivity contribution in [2.45, 2.75) is 20.0 Å². The Morgan fingerprint density at radius 1 is 1.00 bits per heavy atom. The second kappa shape index (κ2) is 9.41. The van der Waals surface area contributed by atoms with Crippen molar-refractivity contribution >= 4 is 24.1 Å². The van der Waals surface area contributed by atoms with Gasteiger partial charge >= 0.3 is 0 Å². The number of amides is 1. The van der Waals surface area contributed by atoms with Crippen molar-refractivity contribution in [1.29, 1.82) is 0 Å². The van der Waals surface area contributed by atoms with Gasteiger partial charge in [0.25, 0.3) is 5.91 Å². The highest BCUT2D eigenvalue weighted by molar-refractivity contribution is 5.94. The molecule has 1 fully saturated rings. The van der Waals surface area contributed by atoms with Crippen molar-refractivity contribution < 1.29 is 14.3 Å². The topological polar surface area (TPSA) is 67.8 Å². The number of hydrogen-bond donors (Lipinski definition) is 0. The molecule has 1 amide bonds. The first-order valence-corrected chi connectivity index (χ1v) is 8.75. The lowest BCUT2D eigenvalue weighted by Crippen LogP contribution is -2.49. The monoisotopic (exact) mass is 392 g/mol. The van der Waals surface area contributed by atoms with E-state index in [2.05, 4.69) is 15.1 Å². The first kappa shape index (κ1) is 20.8. The maximum absolute atomic E-state index is 12.7. The van der Waals surface area contributed by atoms with Crippen LogP contribution in [-0.4, -0.2) is 60.4 Å². The van der Waals surface area contributed by atoms with Gasteiger partial charge in [-0.15, -0.1) is 22.6 Å². The Balaban J connectivity index is 0.00000261. The maximum Gasteiger partial charge on any atom is 0.253 e. The van der Waals surface area contributed by atoms with Crippen LogP contribution in [0.15, 0.2) is 36.4 Å². The maximum atomic E-state index is 12.7. The lowest BCUT2D eigenvalue weighted by Gasteiger charge is -2.35. The predicted octanol–water partition coefficient (Wildman–Crippen LogP) is 2.66. The summed E-state index contributed by atoms with van der Waals surface area (Å²) in [4.78, 5) is 16.7. The number of ether oxygens (including phenoxy) is 2. The molecular formula is C19H25ClN4O3. The number of carbonyl (C=O) groups is 1. The van der Waals surface area contributed by atoms with E-state index in [9.17, 15) is 4.79 Å². The van der Waals surface area contributed by atoms with E-state index in [0.29, 0.717) is 24.5 Å². The zero-order valence-corrected chi connectivity index (χ0v) is 16.6. The summed E-state index contributed by atoms with van der Waals surface area (Å²) in [5.74, 6) is 2.11. The predicted molar refractivity (Wildman–Crippen MR) is 106 cm³/mol. The lowest BCUT2D eigenvalue weighted by molar-refractivity contribution is 0.0746. The zero-order valence-electron chi connectivity index (χ0n) is 15.8. The minimum atomic E-state index is 0. The Morgan fingerprint density at radius 2 is 1.67 bits per heavy atom. The fraction of sp³-hybridized carbons (Fsp3) is 0.421. The molecular weight excluding hydrogens is 368 g/mol. The molecule has 0 bridgehead atoms. The van der Waals surface area contributed by atoms with Gasteiger partial charge in [0.1, 0.15) is 5.75 Å². The fourth-order valence-electron chi connectivity index (χ4n) is 2.86. The second-order valence-electron chi connectivity index (χ2n) is 6.40. The van der Waals surface area contributed by atoms with Crippen LogP contribution in [0.2, 0.25) is 0 Å². The molecule has 8 heteroatoms. The van der Waals surface area contributed by atoms with Gasteiger partial charge in [0.05, 0.1) is 13.2 Å².